The van der Waals surface area contributed by atoms with Gasteiger partial charge in [-0.1, -0.05) is 0 Å². The van der Waals surface area contributed by atoms with E-state index < -0.39 is 187 Å². The van der Waals surface area contributed by atoms with Crippen molar-refractivity contribution in [2.45, 2.75) is 120 Å². The minimum Gasteiger partial charge on any atom is -0.394 e. The Balaban J connectivity index is 1.49. The Kier molecular flexibility index (Phi) is 12.9. The predicted molar refractivity (Wildman–Crippen MR) is 163 cm³/mol. The van der Waals surface area contributed by atoms with Crippen molar-refractivity contribution >= 4 is 0 Å². The second-order valence-corrected chi connectivity index (χ2v) is 14.4. The lowest BCUT2D eigenvalue weighted by molar-refractivity contribution is -0.374. The fraction of sp³-hybridized carbons (Fsp3) is 1.00. The standard InChI is InChI=1S/C30H50O25/c31-1-11-16(36)21(41)26(51-11)6-47-28(23(43)18(38)13(3-33)53-28)8-49-30(25(45)20(40)15(5-35)55-30)10-50-29(24(44)19(39)14(4-34)54-29)9-48-27(7-46-26)22(42)17(37)12(2-32)52-27/h11-25,31-45H,1-10H2/t11-,12-,13-,14-,15-,16-,17-,18-,19-,20-,21+,22+,23+,24+,25+,26-,27-,28-,29-,30-/m1/s1. The first-order valence-corrected chi connectivity index (χ1v) is 17.4. The summed E-state index contributed by atoms with van der Waals surface area (Å²) in [6.07, 6.45) is -28.5. The van der Waals surface area contributed by atoms with E-state index in [1.165, 1.54) is 0 Å². The first-order chi connectivity index (χ1) is 26.0. The lowest BCUT2D eigenvalue weighted by Crippen LogP contribution is -2.59. The Bertz CT molecular complexity index is 1050. The Hall–Kier alpha value is -1.00. The molecule has 5 spiro atoms. The molecule has 320 valence electrons. The lowest BCUT2D eigenvalue weighted by Gasteiger charge is -2.41. The van der Waals surface area contributed by atoms with Gasteiger partial charge in [-0.3, -0.25) is 0 Å². The fourth-order valence-electron chi connectivity index (χ4n) is 7.54. The topological polar surface area (TPSA) is 396 Å². The monoisotopic (exact) mass is 810 g/mol. The molecule has 0 unspecified atom stereocenters. The average Bonchev–Trinajstić information content (AvgIpc) is 3.85. The van der Waals surface area contributed by atoms with Crippen LogP contribution in [0.25, 0.3) is 0 Å². The summed E-state index contributed by atoms with van der Waals surface area (Å²) in [5, 5.41) is 160. The molecule has 6 aliphatic heterocycles. The molecule has 0 aromatic rings. The molecule has 15 N–H and O–H groups in total. The van der Waals surface area contributed by atoms with E-state index in [1.54, 1.807) is 0 Å². The van der Waals surface area contributed by atoms with Crippen LogP contribution in [0.15, 0.2) is 0 Å². The Morgan fingerprint density at radius 1 is 0.291 bits per heavy atom. The van der Waals surface area contributed by atoms with Gasteiger partial charge in [0.25, 0.3) is 0 Å². The summed E-state index contributed by atoms with van der Waals surface area (Å²) in [6, 6.07) is 0. The molecule has 6 heterocycles. The fourth-order valence-corrected chi connectivity index (χ4v) is 7.54. The van der Waals surface area contributed by atoms with Crippen LogP contribution in [0, 0.1) is 0 Å². The molecule has 0 aromatic carbocycles. The van der Waals surface area contributed by atoms with Gasteiger partial charge in [-0.05, 0) is 0 Å². The summed E-state index contributed by atoms with van der Waals surface area (Å²) in [5.41, 5.74) is 0. The van der Waals surface area contributed by atoms with Gasteiger partial charge in [-0.2, -0.15) is 0 Å². The van der Waals surface area contributed by atoms with E-state index in [2.05, 4.69) is 0 Å². The van der Waals surface area contributed by atoms with Crippen molar-refractivity contribution < 1.29 is 124 Å². The smallest absolute Gasteiger partial charge is 0.222 e. The van der Waals surface area contributed by atoms with Crippen LogP contribution in [-0.2, 0) is 47.4 Å². The van der Waals surface area contributed by atoms with Gasteiger partial charge in [0.2, 0.25) is 28.9 Å². The zero-order valence-corrected chi connectivity index (χ0v) is 29.0. The molecule has 0 amide bonds. The maximum atomic E-state index is 11.3. The number of aliphatic hydroxyl groups is 15. The molecule has 55 heavy (non-hydrogen) atoms. The van der Waals surface area contributed by atoms with E-state index in [-0.39, 0.29) is 0 Å². The largest absolute Gasteiger partial charge is 0.394 e. The van der Waals surface area contributed by atoms with Crippen molar-refractivity contribution in [3.05, 3.63) is 0 Å². The highest BCUT2D eigenvalue weighted by molar-refractivity contribution is 5.06. The van der Waals surface area contributed by atoms with E-state index >= 15 is 0 Å². The zero-order chi connectivity index (χ0) is 40.3. The molecule has 6 saturated heterocycles. The number of hydrogen-bond donors (Lipinski definition) is 15. The molecule has 6 fully saturated rings. The normalized spacial score (nSPS) is 55.4. The quantitative estimate of drug-likeness (QED) is 0.123. The first-order valence-electron chi connectivity index (χ1n) is 17.4. The van der Waals surface area contributed by atoms with Gasteiger partial charge in [0, 0.05) is 0 Å². The van der Waals surface area contributed by atoms with Crippen molar-refractivity contribution in [3.8, 4) is 0 Å². The third-order valence-corrected chi connectivity index (χ3v) is 11.0. The summed E-state index contributed by atoms with van der Waals surface area (Å²) >= 11 is 0. The molecule has 20 atom stereocenters. The highest BCUT2D eigenvalue weighted by atomic mass is 16.8. The second kappa shape index (κ2) is 16.2. The van der Waals surface area contributed by atoms with Gasteiger partial charge in [-0.25, -0.2) is 0 Å². The van der Waals surface area contributed by atoms with Gasteiger partial charge in [0.05, 0.1) is 33.0 Å². The van der Waals surface area contributed by atoms with Gasteiger partial charge < -0.3 is 124 Å². The van der Waals surface area contributed by atoms with E-state index in [9.17, 15) is 76.6 Å². The second-order valence-electron chi connectivity index (χ2n) is 14.4. The third-order valence-electron chi connectivity index (χ3n) is 11.0. The SMILES string of the molecule is OC[C@H]1O[C@]2(CO[C@]3(CO[C@]4(CO[C@]5(CO[C@]6(CO2)O[C@H](CO)[C@@H](O)[C@@H]6O)O[C@H](CO)[C@@H](O)[C@@H]5O)O[C@H](CO)[C@@H](O)[C@@H]4O)O[C@H](CO)[C@@H](O)[C@@H]3O)[C@@H](O)[C@@H]1O. The summed E-state index contributed by atoms with van der Waals surface area (Å²) in [7, 11) is 0. The molecule has 0 aliphatic carbocycles. The third kappa shape index (κ3) is 7.13. The van der Waals surface area contributed by atoms with Crippen molar-refractivity contribution in [2.24, 2.45) is 0 Å². The van der Waals surface area contributed by atoms with E-state index in [0.29, 0.717) is 0 Å². The Morgan fingerprint density at radius 3 is 0.545 bits per heavy atom. The lowest BCUT2D eigenvalue weighted by atomic mass is 10.0. The van der Waals surface area contributed by atoms with Crippen molar-refractivity contribution in [1.82, 2.24) is 0 Å². The van der Waals surface area contributed by atoms with E-state index in [0.717, 1.165) is 0 Å². The summed E-state index contributed by atoms with van der Waals surface area (Å²) in [5.74, 6) is -13.4. The number of ether oxygens (including phenoxy) is 10. The predicted octanol–water partition coefficient (Wildman–Crippen LogP) is -10.9. The maximum Gasteiger partial charge on any atom is 0.222 e. The highest BCUT2D eigenvalue weighted by Gasteiger charge is 2.67. The summed E-state index contributed by atoms with van der Waals surface area (Å²) in [6.45, 7) is -10.3. The molecule has 6 rings (SSSR count). The van der Waals surface area contributed by atoms with Crippen LogP contribution >= 0.6 is 0 Å². The minimum atomic E-state index is -2.68. The van der Waals surface area contributed by atoms with Gasteiger partial charge in [0.1, 0.15) is 125 Å². The van der Waals surface area contributed by atoms with Crippen LogP contribution in [0.4, 0.5) is 0 Å². The number of hydrogen-bond acceptors (Lipinski definition) is 25. The van der Waals surface area contributed by atoms with Crippen LogP contribution < -0.4 is 0 Å². The highest BCUT2D eigenvalue weighted by Crippen LogP contribution is 2.45. The molecule has 0 aromatic heterocycles. The van der Waals surface area contributed by atoms with Gasteiger partial charge in [0.15, 0.2) is 0 Å². The van der Waals surface area contributed by atoms with Crippen LogP contribution in [0.2, 0.25) is 0 Å². The zero-order valence-electron chi connectivity index (χ0n) is 29.0. The van der Waals surface area contributed by atoms with Gasteiger partial charge >= 0.3 is 0 Å². The molecule has 0 saturated carbocycles. The Morgan fingerprint density at radius 2 is 0.436 bits per heavy atom. The van der Waals surface area contributed by atoms with Crippen LogP contribution in [0.1, 0.15) is 0 Å². The Labute approximate surface area is 310 Å². The molecule has 25 heteroatoms. The number of rotatable bonds is 5. The molecule has 25 nitrogen and oxygen atoms in total. The maximum absolute atomic E-state index is 11.3. The average molecular weight is 811 g/mol. The van der Waals surface area contributed by atoms with E-state index in [1.807, 2.05) is 0 Å². The van der Waals surface area contributed by atoms with Crippen molar-refractivity contribution in [2.75, 3.05) is 66.1 Å². The minimum absolute atomic E-state index is 0.927. The first kappa shape index (κ1) is 43.6. The molecule has 6 aliphatic rings. The van der Waals surface area contributed by atoms with Crippen molar-refractivity contribution in [1.29, 1.82) is 0 Å². The summed E-state index contributed by atoms with van der Waals surface area (Å²) < 4.78 is 58.2. The number of aliphatic hydroxyl groups excluding tert-OH is 15. The summed E-state index contributed by atoms with van der Waals surface area (Å²) in [4.78, 5) is 0. The molecular formula is C30H50O25. The molecule has 0 radical (unpaired) electrons. The van der Waals surface area contributed by atoms with Crippen molar-refractivity contribution in [3.63, 3.8) is 0 Å². The van der Waals surface area contributed by atoms with Crippen LogP contribution in [0.3, 0.4) is 0 Å². The van der Waals surface area contributed by atoms with E-state index in [4.69, 9.17) is 47.4 Å². The van der Waals surface area contributed by atoms with Crippen LogP contribution in [-0.4, -0.2) is 263 Å². The van der Waals surface area contributed by atoms with Gasteiger partial charge in [-0.15, -0.1) is 0 Å². The molecular weight excluding hydrogens is 760 g/mol. The molecule has 0 bridgehead atoms. The van der Waals surface area contributed by atoms with Crippen LogP contribution in [0.5, 0.6) is 0 Å².